The molecule has 2 amide bonds. The first-order valence-electron chi connectivity index (χ1n) is 6.64. The zero-order chi connectivity index (χ0) is 16.0. The minimum Gasteiger partial charge on any atom is -0.332 e. The van der Waals surface area contributed by atoms with Gasteiger partial charge in [0.05, 0.1) is 23.3 Å². The fourth-order valence-corrected chi connectivity index (χ4v) is 2.23. The number of halogens is 2. The number of amides is 2. The molecule has 0 unspecified atom stereocenters. The third kappa shape index (κ3) is 5.53. The molecule has 3 N–H and O–H groups in total. The van der Waals surface area contributed by atoms with E-state index in [0.29, 0.717) is 22.3 Å². The Labute approximate surface area is 134 Å². The Bertz CT molecular complexity index is 521. The highest BCUT2D eigenvalue weighted by molar-refractivity contribution is 6.36. The minimum atomic E-state index is -0.636. The number of nitrogens with zero attached hydrogens (tertiary/aromatic N) is 1. The standard InChI is InChI=1S/C14H19Cl2N3O2/c1-3-6-19(14(21)9(2)17)8-13(20)18-12-5-4-10(15)7-11(12)16/h4-5,7,9H,3,6,8,17H2,1-2H3,(H,18,20)/t9-/m0/s1. The number of carbonyl (C=O) groups excluding carboxylic acids is 2. The summed E-state index contributed by atoms with van der Waals surface area (Å²) in [4.78, 5) is 25.4. The van der Waals surface area contributed by atoms with Gasteiger partial charge >= 0.3 is 0 Å². The molecule has 0 spiro atoms. The molecule has 0 aliphatic heterocycles. The van der Waals surface area contributed by atoms with Gasteiger partial charge < -0.3 is 16.0 Å². The number of hydrogen-bond donors (Lipinski definition) is 2. The van der Waals surface area contributed by atoms with Crippen molar-refractivity contribution in [2.45, 2.75) is 26.3 Å². The van der Waals surface area contributed by atoms with Crippen molar-refractivity contribution in [3.8, 4) is 0 Å². The van der Waals surface area contributed by atoms with E-state index in [1.807, 2.05) is 6.92 Å². The Kier molecular flexibility index (Phi) is 6.95. The van der Waals surface area contributed by atoms with E-state index in [-0.39, 0.29) is 18.4 Å². The minimum absolute atomic E-state index is 0.0623. The van der Waals surface area contributed by atoms with Crippen LogP contribution in [0.5, 0.6) is 0 Å². The van der Waals surface area contributed by atoms with Gasteiger partial charge in [-0.1, -0.05) is 30.1 Å². The highest BCUT2D eigenvalue weighted by Crippen LogP contribution is 2.25. The Balaban J connectivity index is 2.71. The molecule has 21 heavy (non-hydrogen) atoms. The lowest BCUT2D eigenvalue weighted by molar-refractivity contribution is -0.135. The molecule has 0 heterocycles. The van der Waals surface area contributed by atoms with Crippen LogP contribution in [0.1, 0.15) is 20.3 Å². The molecule has 1 aromatic carbocycles. The summed E-state index contributed by atoms with van der Waals surface area (Å²) < 4.78 is 0. The van der Waals surface area contributed by atoms with Crippen LogP contribution in [0.3, 0.4) is 0 Å². The summed E-state index contributed by atoms with van der Waals surface area (Å²) in [6.45, 7) is 3.93. The fraction of sp³-hybridized carbons (Fsp3) is 0.429. The van der Waals surface area contributed by atoms with Gasteiger partial charge in [0.25, 0.3) is 0 Å². The topological polar surface area (TPSA) is 75.4 Å². The second-order valence-corrected chi connectivity index (χ2v) is 5.56. The van der Waals surface area contributed by atoms with Gasteiger partial charge in [-0.15, -0.1) is 0 Å². The average Bonchev–Trinajstić information content (AvgIpc) is 2.40. The quantitative estimate of drug-likeness (QED) is 0.840. The van der Waals surface area contributed by atoms with Gasteiger partial charge in [-0.25, -0.2) is 0 Å². The molecule has 1 atom stereocenters. The zero-order valence-electron chi connectivity index (χ0n) is 12.0. The molecule has 1 rings (SSSR count). The van der Waals surface area contributed by atoms with Gasteiger partial charge in [0.15, 0.2) is 0 Å². The molecule has 0 saturated heterocycles. The van der Waals surface area contributed by atoms with E-state index in [1.54, 1.807) is 19.1 Å². The lowest BCUT2D eigenvalue weighted by Crippen LogP contribution is -2.45. The summed E-state index contributed by atoms with van der Waals surface area (Å²) in [6, 6.07) is 4.14. The molecule has 0 fully saturated rings. The van der Waals surface area contributed by atoms with Crippen LogP contribution in [0, 0.1) is 0 Å². The predicted molar refractivity (Wildman–Crippen MR) is 85.6 cm³/mol. The van der Waals surface area contributed by atoms with E-state index in [1.165, 1.54) is 11.0 Å². The number of anilines is 1. The number of benzene rings is 1. The SMILES string of the molecule is CCCN(CC(=O)Nc1ccc(Cl)cc1Cl)C(=O)[C@H](C)N. The maximum absolute atomic E-state index is 12.0. The summed E-state index contributed by atoms with van der Waals surface area (Å²) in [5, 5.41) is 3.48. The third-order valence-electron chi connectivity index (χ3n) is 2.73. The van der Waals surface area contributed by atoms with E-state index in [4.69, 9.17) is 28.9 Å². The van der Waals surface area contributed by atoms with E-state index in [2.05, 4.69) is 5.32 Å². The normalized spacial score (nSPS) is 11.9. The Hall–Kier alpha value is -1.30. The second kappa shape index (κ2) is 8.22. The van der Waals surface area contributed by atoms with Crippen LogP contribution in [0.25, 0.3) is 0 Å². The van der Waals surface area contributed by atoms with Crippen LogP contribution in [-0.2, 0) is 9.59 Å². The summed E-state index contributed by atoms with van der Waals surface area (Å²) in [6.07, 6.45) is 0.743. The largest absolute Gasteiger partial charge is 0.332 e. The Morgan fingerprint density at radius 3 is 2.57 bits per heavy atom. The summed E-state index contributed by atoms with van der Waals surface area (Å²) in [5.41, 5.74) is 6.03. The molecule has 0 saturated carbocycles. The molecule has 0 aliphatic carbocycles. The summed E-state index contributed by atoms with van der Waals surface area (Å²) >= 11 is 11.8. The first kappa shape index (κ1) is 17.8. The second-order valence-electron chi connectivity index (χ2n) is 4.72. The van der Waals surface area contributed by atoms with Crippen LogP contribution in [0.15, 0.2) is 18.2 Å². The van der Waals surface area contributed by atoms with Gasteiger partial charge in [-0.05, 0) is 31.5 Å². The van der Waals surface area contributed by atoms with Crippen LogP contribution < -0.4 is 11.1 Å². The van der Waals surface area contributed by atoms with E-state index < -0.39 is 6.04 Å². The van der Waals surface area contributed by atoms with Gasteiger partial charge in [0.1, 0.15) is 0 Å². The van der Waals surface area contributed by atoms with Crippen molar-refractivity contribution < 1.29 is 9.59 Å². The van der Waals surface area contributed by atoms with Crippen molar-refractivity contribution in [1.82, 2.24) is 4.90 Å². The Morgan fingerprint density at radius 1 is 1.38 bits per heavy atom. The van der Waals surface area contributed by atoms with Gasteiger partial charge in [-0.3, -0.25) is 9.59 Å². The van der Waals surface area contributed by atoms with Crippen molar-refractivity contribution in [1.29, 1.82) is 0 Å². The number of rotatable bonds is 6. The number of carbonyl (C=O) groups is 2. The van der Waals surface area contributed by atoms with Crippen molar-refractivity contribution in [2.24, 2.45) is 5.73 Å². The first-order chi connectivity index (χ1) is 9.85. The van der Waals surface area contributed by atoms with Crippen LogP contribution in [-0.4, -0.2) is 35.8 Å². The van der Waals surface area contributed by atoms with Crippen LogP contribution >= 0.6 is 23.2 Å². The average molecular weight is 332 g/mol. The molecule has 0 bridgehead atoms. The summed E-state index contributed by atoms with van der Waals surface area (Å²) in [7, 11) is 0. The van der Waals surface area contributed by atoms with Crippen molar-refractivity contribution in [3.05, 3.63) is 28.2 Å². The maximum atomic E-state index is 12.0. The highest BCUT2D eigenvalue weighted by Gasteiger charge is 2.19. The molecule has 5 nitrogen and oxygen atoms in total. The Morgan fingerprint density at radius 2 is 2.05 bits per heavy atom. The number of nitrogens with one attached hydrogen (secondary N) is 1. The van der Waals surface area contributed by atoms with E-state index in [9.17, 15) is 9.59 Å². The zero-order valence-corrected chi connectivity index (χ0v) is 13.5. The summed E-state index contributed by atoms with van der Waals surface area (Å²) in [5.74, 6) is -0.587. The van der Waals surface area contributed by atoms with Gasteiger partial charge in [0.2, 0.25) is 11.8 Å². The molecule has 1 aromatic rings. The molecule has 0 aromatic heterocycles. The first-order valence-corrected chi connectivity index (χ1v) is 7.40. The lowest BCUT2D eigenvalue weighted by Gasteiger charge is -2.23. The van der Waals surface area contributed by atoms with Crippen molar-refractivity contribution in [3.63, 3.8) is 0 Å². The predicted octanol–water partition coefficient (Wildman–Crippen LogP) is 2.52. The van der Waals surface area contributed by atoms with E-state index >= 15 is 0 Å². The van der Waals surface area contributed by atoms with Crippen molar-refractivity contribution >= 4 is 40.7 Å². The number of hydrogen-bond acceptors (Lipinski definition) is 3. The van der Waals surface area contributed by atoms with Crippen LogP contribution in [0.4, 0.5) is 5.69 Å². The molecular formula is C14H19Cl2N3O2. The monoisotopic (exact) mass is 331 g/mol. The van der Waals surface area contributed by atoms with Crippen molar-refractivity contribution in [2.75, 3.05) is 18.4 Å². The van der Waals surface area contributed by atoms with Gasteiger partial charge in [-0.2, -0.15) is 0 Å². The highest BCUT2D eigenvalue weighted by atomic mass is 35.5. The molecule has 116 valence electrons. The molecule has 0 radical (unpaired) electrons. The molecule has 0 aliphatic rings. The van der Waals surface area contributed by atoms with E-state index in [0.717, 1.165) is 6.42 Å². The maximum Gasteiger partial charge on any atom is 0.244 e. The lowest BCUT2D eigenvalue weighted by atomic mass is 10.2. The smallest absolute Gasteiger partial charge is 0.244 e. The molecule has 7 heteroatoms. The third-order valence-corrected chi connectivity index (χ3v) is 3.28. The molecular weight excluding hydrogens is 313 g/mol. The fourth-order valence-electron chi connectivity index (χ4n) is 1.78. The van der Waals surface area contributed by atoms with Gasteiger partial charge in [0, 0.05) is 11.6 Å². The van der Waals surface area contributed by atoms with Crippen LogP contribution in [0.2, 0.25) is 10.0 Å². The number of nitrogens with two attached hydrogens (primary N) is 1.